The van der Waals surface area contributed by atoms with E-state index in [-0.39, 0.29) is 0 Å². The van der Waals surface area contributed by atoms with Gasteiger partial charge in [0.05, 0.1) is 22.9 Å². The molecule has 2 N–H and O–H groups in total. The van der Waals surface area contributed by atoms with Gasteiger partial charge >= 0.3 is 0 Å². The number of aromatic nitrogens is 3. The van der Waals surface area contributed by atoms with Crippen molar-refractivity contribution in [3.63, 3.8) is 0 Å². The van der Waals surface area contributed by atoms with Crippen LogP contribution in [0.3, 0.4) is 0 Å². The molecule has 10 heteroatoms. The number of rotatable bonds is 4. The molecule has 0 radical (unpaired) electrons. The normalized spacial score (nSPS) is 12.6. The molecule has 0 unspecified atom stereocenters. The van der Waals surface area contributed by atoms with Crippen LogP contribution in [0.5, 0.6) is 0 Å². The van der Waals surface area contributed by atoms with Gasteiger partial charge in [0.25, 0.3) is 5.16 Å². The van der Waals surface area contributed by atoms with Crippen molar-refractivity contribution in [2.24, 2.45) is 5.14 Å². The number of nitrogens with two attached hydrogens (primary N) is 1. The average Bonchev–Trinajstić information content (AvgIpc) is 2.18. The van der Waals surface area contributed by atoms with E-state index in [4.69, 9.17) is 5.14 Å². The maximum atomic E-state index is 11.7. The van der Waals surface area contributed by atoms with Crippen LogP contribution in [-0.4, -0.2) is 43.5 Å². The molecule has 0 aliphatic heterocycles. The first-order chi connectivity index (χ1) is 7.62. The molecule has 8 nitrogen and oxygen atoms in total. The van der Waals surface area contributed by atoms with Gasteiger partial charge in [-0.3, -0.25) is 0 Å². The Morgan fingerprint density at radius 3 is 2.06 bits per heavy atom. The minimum atomic E-state index is -3.88. The molecular formula is C7H12N4O4S2. The van der Waals surface area contributed by atoms with Crippen LogP contribution in [-0.2, 0) is 19.9 Å². The van der Waals surface area contributed by atoms with Gasteiger partial charge in [-0.25, -0.2) is 27.0 Å². The van der Waals surface area contributed by atoms with Crippen molar-refractivity contribution in [2.75, 3.05) is 11.5 Å². The number of sulfone groups is 1. The Bertz CT molecular complexity index is 623. The summed E-state index contributed by atoms with van der Waals surface area (Å²) >= 11 is 0. The fourth-order valence-corrected chi connectivity index (χ4v) is 3.32. The SMILES string of the molecule is Cc1nnc(S(=O)(=O)CCS(N)(=O)=O)nc1C. The Balaban J connectivity index is 3.02. The highest BCUT2D eigenvalue weighted by atomic mass is 32.2. The van der Waals surface area contributed by atoms with Gasteiger partial charge in [-0.1, -0.05) is 0 Å². The summed E-state index contributed by atoms with van der Waals surface area (Å²) in [5.74, 6) is -1.33. The second kappa shape index (κ2) is 4.63. The van der Waals surface area contributed by atoms with Crippen LogP contribution < -0.4 is 5.14 Å². The van der Waals surface area contributed by atoms with Gasteiger partial charge in [-0.05, 0) is 13.8 Å². The third-order valence-electron chi connectivity index (χ3n) is 1.99. The Kier molecular flexibility index (Phi) is 3.79. The quantitative estimate of drug-likeness (QED) is 0.713. The average molecular weight is 280 g/mol. The topological polar surface area (TPSA) is 133 Å². The molecule has 0 spiro atoms. The second-order valence-corrected chi connectivity index (χ2v) is 7.19. The standard InChI is InChI=1S/C7H12N4O4S2/c1-5-6(2)10-11-7(9-5)16(12,13)3-4-17(8,14)15/h3-4H2,1-2H3,(H2,8,14,15). The Hall–Kier alpha value is -1.13. The zero-order valence-corrected chi connectivity index (χ0v) is 10.9. The van der Waals surface area contributed by atoms with Gasteiger partial charge < -0.3 is 0 Å². The lowest BCUT2D eigenvalue weighted by Crippen LogP contribution is -2.24. The lowest BCUT2D eigenvalue weighted by atomic mass is 10.4. The molecule has 0 atom stereocenters. The minimum absolute atomic E-state index is 0.425. The van der Waals surface area contributed by atoms with Crippen LogP contribution in [0.4, 0.5) is 0 Å². The first kappa shape index (κ1) is 13.9. The van der Waals surface area contributed by atoms with Gasteiger partial charge in [0.1, 0.15) is 0 Å². The number of primary sulfonamides is 1. The summed E-state index contributed by atoms with van der Waals surface area (Å²) in [5.41, 5.74) is 0.935. The van der Waals surface area contributed by atoms with Crippen molar-refractivity contribution < 1.29 is 16.8 Å². The molecule has 0 aliphatic rings. The van der Waals surface area contributed by atoms with E-state index in [9.17, 15) is 16.8 Å². The maximum Gasteiger partial charge on any atom is 0.267 e. The fourth-order valence-electron chi connectivity index (χ4n) is 0.886. The zero-order valence-electron chi connectivity index (χ0n) is 9.28. The molecule has 1 aromatic rings. The van der Waals surface area contributed by atoms with Crippen LogP contribution in [0, 0.1) is 13.8 Å². The summed E-state index contributed by atoms with van der Waals surface area (Å²) < 4.78 is 44.7. The summed E-state index contributed by atoms with van der Waals surface area (Å²) in [7, 11) is -7.72. The van der Waals surface area contributed by atoms with E-state index in [1.54, 1.807) is 13.8 Å². The van der Waals surface area contributed by atoms with Gasteiger partial charge in [0.2, 0.25) is 19.9 Å². The summed E-state index contributed by atoms with van der Waals surface area (Å²) in [6, 6.07) is 0. The molecule has 1 heterocycles. The number of nitrogens with zero attached hydrogens (tertiary/aromatic N) is 3. The smallest absolute Gasteiger partial charge is 0.229 e. The largest absolute Gasteiger partial charge is 0.267 e. The Morgan fingerprint density at radius 1 is 1.00 bits per heavy atom. The van der Waals surface area contributed by atoms with E-state index in [0.29, 0.717) is 11.4 Å². The lowest BCUT2D eigenvalue weighted by Gasteiger charge is -2.03. The highest BCUT2D eigenvalue weighted by Crippen LogP contribution is 2.06. The Morgan fingerprint density at radius 2 is 1.59 bits per heavy atom. The van der Waals surface area contributed by atoms with Crippen LogP contribution in [0.1, 0.15) is 11.4 Å². The van der Waals surface area contributed by atoms with Gasteiger partial charge in [-0.15, -0.1) is 5.10 Å². The molecule has 0 saturated carbocycles. The second-order valence-electron chi connectivity index (χ2n) is 3.45. The summed E-state index contributed by atoms with van der Waals surface area (Å²) in [5, 5.41) is 11.3. The number of aryl methyl sites for hydroxylation is 2. The predicted molar refractivity (Wildman–Crippen MR) is 59.3 cm³/mol. The molecule has 1 aromatic heterocycles. The van der Waals surface area contributed by atoms with Gasteiger partial charge in [0.15, 0.2) is 0 Å². The van der Waals surface area contributed by atoms with Crippen LogP contribution >= 0.6 is 0 Å². The molecular weight excluding hydrogens is 268 g/mol. The molecule has 0 aliphatic carbocycles. The van der Waals surface area contributed by atoms with Crippen molar-refractivity contribution in [2.45, 2.75) is 19.0 Å². The first-order valence-electron chi connectivity index (χ1n) is 4.53. The summed E-state index contributed by atoms with van der Waals surface area (Å²) in [6.07, 6.45) is 0. The lowest BCUT2D eigenvalue weighted by molar-refractivity contribution is 0.578. The third kappa shape index (κ3) is 3.98. The third-order valence-corrected chi connectivity index (χ3v) is 4.49. The monoisotopic (exact) mass is 280 g/mol. The van der Waals surface area contributed by atoms with E-state index < -0.39 is 36.5 Å². The van der Waals surface area contributed by atoms with Crippen LogP contribution in [0.15, 0.2) is 5.16 Å². The molecule has 0 amide bonds. The summed E-state index contributed by atoms with van der Waals surface area (Å²) in [4.78, 5) is 3.75. The van der Waals surface area contributed by atoms with E-state index >= 15 is 0 Å². The van der Waals surface area contributed by atoms with Crippen molar-refractivity contribution in [1.82, 2.24) is 15.2 Å². The molecule has 0 bridgehead atoms. The molecule has 1 rings (SSSR count). The van der Waals surface area contributed by atoms with E-state index in [1.165, 1.54) is 0 Å². The van der Waals surface area contributed by atoms with Crippen molar-refractivity contribution in [3.8, 4) is 0 Å². The van der Waals surface area contributed by atoms with Crippen molar-refractivity contribution in [1.29, 1.82) is 0 Å². The van der Waals surface area contributed by atoms with E-state index in [2.05, 4.69) is 15.2 Å². The number of hydrogen-bond acceptors (Lipinski definition) is 7. The first-order valence-corrected chi connectivity index (χ1v) is 7.90. The van der Waals surface area contributed by atoms with Crippen LogP contribution in [0.2, 0.25) is 0 Å². The highest BCUT2D eigenvalue weighted by Gasteiger charge is 2.21. The van der Waals surface area contributed by atoms with Crippen molar-refractivity contribution in [3.05, 3.63) is 11.4 Å². The van der Waals surface area contributed by atoms with Gasteiger partial charge in [-0.2, -0.15) is 5.10 Å². The molecule has 0 fully saturated rings. The molecule has 17 heavy (non-hydrogen) atoms. The van der Waals surface area contributed by atoms with E-state index in [1.807, 2.05) is 0 Å². The summed E-state index contributed by atoms with van der Waals surface area (Å²) in [6.45, 7) is 3.22. The van der Waals surface area contributed by atoms with Crippen LogP contribution in [0.25, 0.3) is 0 Å². The highest BCUT2D eigenvalue weighted by molar-refractivity contribution is 7.94. The molecule has 0 aromatic carbocycles. The Labute approximate surface area is 99.2 Å². The predicted octanol–water partition coefficient (Wildman–Crippen LogP) is -1.45. The number of hydrogen-bond donors (Lipinski definition) is 1. The minimum Gasteiger partial charge on any atom is -0.229 e. The maximum absolute atomic E-state index is 11.7. The van der Waals surface area contributed by atoms with Gasteiger partial charge in [0, 0.05) is 0 Å². The van der Waals surface area contributed by atoms with Crippen molar-refractivity contribution >= 4 is 19.9 Å². The number of sulfonamides is 1. The molecule has 0 saturated heterocycles. The fraction of sp³-hybridized carbons (Fsp3) is 0.571. The molecule has 96 valence electrons. The van der Waals surface area contributed by atoms with E-state index in [0.717, 1.165) is 0 Å². The zero-order chi connectivity index (χ0) is 13.3.